The van der Waals surface area contributed by atoms with E-state index in [9.17, 15) is 9.59 Å². The molecule has 0 amide bonds. The van der Waals surface area contributed by atoms with E-state index >= 15 is 0 Å². The minimum absolute atomic E-state index is 0. The third-order valence-electron chi connectivity index (χ3n) is 3.76. The van der Waals surface area contributed by atoms with Crippen LogP contribution in [-0.2, 0) is 4.79 Å². The first kappa shape index (κ1) is 19.7. The fraction of sp³-hybridized carbons (Fsp3) is 0.263. The smallest absolute Gasteiger partial charge is 0.335 e. The average molecular weight is 349 g/mol. The molecular weight excluding hydrogens is 328 g/mol. The van der Waals surface area contributed by atoms with Crippen molar-refractivity contribution in [2.45, 2.75) is 26.7 Å². The number of hydrogen-bond acceptors (Lipinski definition) is 3. The monoisotopic (exact) mass is 348 g/mol. The van der Waals surface area contributed by atoms with Crippen molar-refractivity contribution in [1.29, 1.82) is 0 Å². The van der Waals surface area contributed by atoms with Gasteiger partial charge in [0.15, 0.2) is 0 Å². The SMILES string of the molecule is CCC(C)CC(=O)Oc1ccc(-c2ccc(C(=O)O)cc2)cc1.Cl. The highest BCUT2D eigenvalue weighted by Gasteiger charge is 2.10. The van der Waals surface area contributed by atoms with Crippen molar-refractivity contribution < 1.29 is 19.4 Å². The summed E-state index contributed by atoms with van der Waals surface area (Å²) in [5.74, 6) is -0.336. The Morgan fingerprint density at radius 3 is 1.96 bits per heavy atom. The van der Waals surface area contributed by atoms with Gasteiger partial charge in [-0.15, -0.1) is 12.4 Å². The fourth-order valence-electron chi connectivity index (χ4n) is 2.12. The number of esters is 1. The van der Waals surface area contributed by atoms with Crippen LogP contribution < -0.4 is 4.74 Å². The molecule has 0 aliphatic carbocycles. The van der Waals surface area contributed by atoms with E-state index in [-0.39, 0.29) is 23.9 Å². The van der Waals surface area contributed by atoms with Crippen molar-refractivity contribution in [3.05, 3.63) is 54.1 Å². The minimum Gasteiger partial charge on any atom is -0.478 e. The number of aromatic carboxylic acids is 1. The molecule has 0 aliphatic heterocycles. The van der Waals surface area contributed by atoms with Crippen LogP contribution in [0.5, 0.6) is 5.75 Å². The number of carboxylic acids is 1. The molecule has 2 aromatic rings. The standard InChI is InChI=1S/C19H20O4.ClH/c1-3-13(2)12-18(20)23-17-10-8-15(9-11-17)14-4-6-16(7-5-14)19(21)22;/h4-11,13H,3,12H2,1-2H3,(H,21,22);1H. The van der Waals surface area contributed by atoms with Crippen molar-refractivity contribution in [2.24, 2.45) is 5.92 Å². The molecule has 0 saturated heterocycles. The Morgan fingerprint density at radius 2 is 1.50 bits per heavy atom. The van der Waals surface area contributed by atoms with Crippen LogP contribution >= 0.6 is 12.4 Å². The number of carbonyl (C=O) groups is 2. The lowest BCUT2D eigenvalue weighted by molar-refractivity contribution is -0.135. The number of rotatable bonds is 6. The van der Waals surface area contributed by atoms with Crippen molar-refractivity contribution in [3.8, 4) is 16.9 Å². The van der Waals surface area contributed by atoms with Crippen LogP contribution in [0.4, 0.5) is 0 Å². The molecule has 1 unspecified atom stereocenters. The molecule has 1 atom stereocenters. The first-order chi connectivity index (χ1) is 11.0. The number of halogens is 1. The van der Waals surface area contributed by atoms with E-state index in [2.05, 4.69) is 0 Å². The van der Waals surface area contributed by atoms with Crippen LogP contribution in [0.15, 0.2) is 48.5 Å². The lowest BCUT2D eigenvalue weighted by atomic mass is 10.0. The average Bonchev–Trinajstić information content (AvgIpc) is 2.55. The number of carboxylic acid groups (broad SMARTS) is 1. The van der Waals surface area contributed by atoms with E-state index in [0.29, 0.717) is 18.1 Å². The maximum atomic E-state index is 11.8. The van der Waals surface area contributed by atoms with Gasteiger partial charge in [-0.1, -0.05) is 44.5 Å². The van der Waals surface area contributed by atoms with Gasteiger partial charge in [-0.05, 0) is 41.3 Å². The Balaban J connectivity index is 0.00000288. The summed E-state index contributed by atoms with van der Waals surface area (Å²) < 4.78 is 5.31. The zero-order chi connectivity index (χ0) is 16.8. The number of carbonyl (C=O) groups excluding carboxylic acids is 1. The van der Waals surface area contributed by atoms with Crippen LogP contribution in [0.25, 0.3) is 11.1 Å². The third kappa shape index (κ3) is 5.39. The molecular formula is C19H21ClO4. The Morgan fingerprint density at radius 1 is 1.00 bits per heavy atom. The molecule has 1 N–H and O–H groups in total. The highest BCUT2D eigenvalue weighted by atomic mass is 35.5. The van der Waals surface area contributed by atoms with Gasteiger partial charge in [-0.25, -0.2) is 4.79 Å². The minimum atomic E-state index is -0.944. The number of ether oxygens (including phenoxy) is 1. The second-order valence-electron chi connectivity index (χ2n) is 5.60. The van der Waals surface area contributed by atoms with E-state index in [4.69, 9.17) is 9.84 Å². The van der Waals surface area contributed by atoms with Crippen molar-refractivity contribution in [1.82, 2.24) is 0 Å². The summed E-state index contributed by atoms with van der Waals surface area (Å²) in [4.78, 5) is 22.6. The lowest BCUT2D eigenvalue weighted by Gasteiger charge is -2.09. The van der Waals surface area contributed by atoms with E-state index in [1.54, 1.807) is 36.4 Å². The molecule has 0 aliphatic rings. The normalized spacial score (nSPS) is 11.2. The molecule has 0 spiro atoms. The highest BCUT2D eigenvalue weighted by molar-refractivity contribution is 5.88. The Bertz CT molecular complexity index is 678. The first-order valence-corrected chi connectivity index (χ1v) is 7.64. The first-order valence-electron chi connectivity index (χ1n) is 7.64. The maximum Gasteiger partial charge on any atom is 0.335 e. The van der Waals surface area contributed by atoms with E-state index in [1.165, 1.54) is 0 Å². The summed E-state index contributed by atoms with van der Waals surface area (Å²) in [6, 6.07) is 13.8. The van der Waals surface area contributed by atoms with Gasteiger partial charge >= 0.3 is 11.9 Å². The molecule has 0 radical (unpaired) electrons. The quantitative estimate of drug-likeness (QED) is 0.600. The summed E-state index contributed by atoms with van der Waals surface area (Å²) in [7, 11) is 0. The highest BCUT2D eigenvalue weighted by Crippen LogP contribution is 2.23. The Hall–Kier alpha value is -2.33. The predicted molar refractivity (Wildman–Crippen MR) is 95.8 cm³/mol. The Labute approximate surface area is 147 Å². The zero-order valence-corrected chi connectivity index (χ0v) is 14.5. The zero-order valence-electron chi connectivity index (χ0n) is 13.7. The summed E-state index contributed by atoms with van der Waals surface area (Å²) in [6.07, 6.45) is 1.36. The van der Waals surface area contributed by atoms with Crippen LogP contribution in [0.3, 0.4) is 0 Å². The third-order valence-corrected chi connectivity index (χ3v) is 3.76. The van der Waals surface area contributed by atoms with Gasteiger partial charge in [0.05, 0.1) is 5.56 Å². The van der Waals surface area contributed by atoms with Crippen LogP contribution in [0.2, 0.25) is 0 Å². The van der Waals surface area contributed by atoms with Crippen molar-refractivity contribution in [3.63, 3.8) is 0 Å². The number of hydrogen-bond donors (Lipinski definition) is 1. The molecule has 2 aromatic carbocycles. The van der Waals surface area contributed by atoms with Crippen molar-refractivity contribution >= 4 is 24.3 Å². The van der Waals surface area contributed by atoms with E-state index < -0.39 is 5.97 Å². The molecule has 0 bridgehead atoms. The van der Waals surface area contributed by atoms with Gasteiger partial charge in [0, 0.05) is 6.42 Å². The molecule has 0 saturated carbocycles. The second kappa shape index (κ2) is 9.08. The number of benzene rings is 2. The van der Waals surface area contributed by atoms with E-state index in [0.717, 1.165) is 17.5 Å². The van der Waals surface area contributed by atoms with Gasteiger partial charge in [0.2, 0.25) is 0 Å². The van der Waals surface area contributed by atoms with Crippen LogP contribution in [-0.4, -0.2) is 17.0 Å². The summed E-state index contributed by atoms with van der Waals surface area (Å²) in [6.45, 7) is 4.06. The molecule has 128 valence electrons. The summed E-state index contributed by atoms with van der Waals surface area (Å²) >= 11 is 0. The largest absolute Gasteiger partial charge is 0.478 e. The van der Waals surface area contributed by atoms with Crippen LogP contribution in [0.1, 0.15) is 37.0 Å². The molecule has 0 aromatic heterocycles. The summed E-state index contributed by atoms with van der Waals surface area (Å²) in [5.41, 5.74) is 2.10. The van der Waals surface area contributed by atoms with Gasteiger partial charge < -0.3 is 9.84 Å². The van der Waals surface area contributed by atoms with Gasteiger partial charge in [0.25, 0.3) is 0 Å². The van der Waals surface area contributed by atoms with Crippen molar-refractivity contribution in [2.75, 3.05) is 0 Å². The van der Waals surface area contributed by atoms with E-state index in [1.807, 2.05) is 26.0 Å². The van der Waals surface area contributed by atoms with Gasteiger partial charge in [-0.2, -0.15) is 0 Å². The Kier molecular flexibility index (Phi) is 7.46. The molecule has 4 nitrogen and oxygen atoms in total. The van der Waals surface area contributed by atoms with Crippen LogP contribution in [0, 0.1) is 5.92 Å². The molecule has 0 heterocycles. The molecule has 2 rings (SSSR count). The molecule has 0 fully saturated rings. The molecule has 5 heteroatoms. The van der Waals surface area contributed by atoms with Gasteiger partial charge in [-0.3, -0.25) is 4.79 Å². The fourth-order valence-corrected chi connectivity index (χ4v) is 2.12. The summed E-state index contributed by atoms with van der Waals surface area (Å²) in [5, 5.41) is 8.90. The predicted octanol–water partition coefficient (Wildman–Crippen LogP) is 4.82. The van der Waals surface area contributed by atoms with Gasteiger partial charge in [0.1, 0.15) is 5.75 Å². The maximum absolute atomic E-state index is 11.8. The molecule has 24 heavy (non-hydrogen) atoms. The second-order valence-corrected chi connectivity index (χ2v) is 5.60. The topological polar surface area (TPSA) is 63.6 Å². The lowest BCUT2D eigenvalue weighted by Crippen LogP contribution is -2.11.